The van der Waals surface area contributed by atoms with Gasteiger partial charge in [0.1, 0.15) is 0 Å². The Morgan fingerprint density at radius 1 is 1.12 bits per heavy atom. The number of carbonyl (C=O) groups is 1. The second-order valence-corrected chi connectivity index (χ2v) is 8.81. The number of thioether (sulfide) groups is 1. The van der Waals surface area contributed by atoms with Crippen molar-refractivity contribution in [2.24, 2.45) is 0 Å². The minimum atomic E-state index is -0.276. The first kappa shape index (κ1) is 21.8. The summed E-state index contributed by atoms with van der Waals surface area (Å²) in [7, 11) is 3.17. The molecular formula is C23H20N4O3S2. The van der Waals surface area contributed by atoms with Gasteiger partial charge < -0.3 is 9.47 Å². The van der Waals surface area contributed by atoms with Crippen LogP contribution in [0.5, 0.6) is 11.5 Å². The highest BCUT2D eigenvalue weighted by atomic mass is 32.2. The van der Waals surface area contributed by atoms with E-state index in [1.54, 1.807) is 26.4 Å². The largest absolute Gasteiger partial charge is 0.493 e. The van der Waals surface area contributed by atoms with Crippen molar-refractivity contribution in [1.82, 2.24) is 15.2 Å². The number of anilines is 1. The van der Waals surface area contributed by atoms with Crippen LogP contribution in [0.1, 0.15) is 10.4 Å². The Bertz CT molecular complexity index is 1290. The van der Waals surface area contributed by atoms with Gasteiger partial charge in [0.05, 0.1) is 31.0 Å². The maximum Gasteiger partial charge on any atom is 0.258 e. The van der Waals surface area contributed by atoms with E-state index in [9.17, 15) is 4.79 Å². The molecule has 0 aliphatic carbocycles. The number of hydrogen-bond acceptors (Lipinski definition) is 8. The van der Waals surface area contributed by atoms with Gasteiger partial charge in [0.15, 0.2) is 15.8 Å². The van der Waals surface area contributed by atoms with Gasteiger partial charge in [0.25, 0.3) is 5.91 Å². The summed E-state index contributed by atoms with van der Waals surface area (Å²) < 4.78 is 11.5. The van der Waals surface area contributed by atoms with Crippen LogP contribution in [0.4, 0.5) is 5.13 Å². The van der Waals surface area contributed by atoms with Gasteiger partial charge in [-0.2, -0.15) is 0 Å². The van der Waals surface area contributed by atoms with Crippen LogP contribution in [0.2, 0.25) is 0 Å². The molecule has 0 fully saturated rings. The number of fused-ring (bicyclic) bond motifs is 1. The van der Waals surface area contributed by atoms with Crippen molar-refractivity contribution in [1.29, 1.82) is 0 Å². The van der Waals surface area contributed by atoms with Gasteiger partial charge in [-0.05, 0) is 30.3 Å². The number of rotatable bonds is 8. The third-order valence-electron chi connectivity index (χ3n) is 4.59. The number of carbonyl (C=O) groups excluding carboxylic acids is 1. The summed E-state index contributed by atoms with van der Waals surface area (Å²) in [5.74, 6) is 1.66. The fourth-order valence-corrected chi connectivity index (χ4v) is 4.63. The minimum absolute atomic E-state index is 0.276. The molecule has 0 aliphatic heterocycles. The number of para-hydroxylation sites is 1. The third kappa shape index (κ3) is 4.58. The van der Waals surface area contributed by atoms with Gasteiger partial charge in [-0.15, -0.1) is 16.8 Å². The molecule has 0 radical (unpaired) electrons. The summed E-state index contributed by atoms with van der Waals surface area (Å²) in [5, 5.41) is 12.2. The molecule has 9 heteroatoms. The Labute approximate surface area is 193 Å². The monoisotopic (exact) mass is 464 g/mol. The Morgan fingerprint density at radius 3 is 2.72 bits per heavy atom. The number of pyridine rings is 1. The summed E-state index contributed by atoms with van der Waals surface area (Å²) in [6.07, 6.45) is 1.79. The number of ether oxygens (including phenoxy) is 2. The molecule has 2 aromatic carbocycles. The van der Waals surface area contributed by atoms with Crippen LogP contribution in [0.3, 0.4) is 0 Å². The highest BCUT2D eigenvalue weighted by molar-refractivity contribution is 8.01. The highest BCUT2D eigenvalue weighted by Gasteiger charge is 2.17. The van der Waals surface area contributed by atoms with Crippen LogP contribution in [0.25, 0.3) is 22.2 Å². The quantitative estimate of drug-likeness (QED) is 0.215. The normalized spacial score (nSPS) is 10.7. The molecule has 1 N–H and O–H groups in total. The predicted octanol–water partition coefficient (Wildman–Crippen LogP) is 5.30. The van der Waals surface area contributed by atoms with Crippen LogP contribution in [-0.4, -0.2) is 41.1 Å². The van der Waals surface area contributed by atoms with Crippen LogP contribution >= 0.6 is 23.1 Å². The van der Waals surface area contributed by atoms with Crippen molar-refractivity contribution in [3.8, 4) is 22.8 Å². The van der Waals surface area contributed by atoms with Gasteiger partial charge in [0.2, 0.25) is 5.13 Å². The molecular weight excluding hydrogens is 444 g/mol. The van der Waals surface area contributed by atoms with E-state index in [0.29, 0.717) is 33.4 Å². The van der Waals surface area contributed by atoms with Crippen molar-refractivity contribution in [3.05, 3.63) is 66.7 Å². The number of methoxy groups -OCH3 is 2. The average molecular weight is 465 g/mol. The molecule has 1 amide bonds. The standard InChI is InChI=1S/C23H20N4O3S2/c1-4-11-31-23-27-26-22(32-23)25-21(28)16-13-18(24-17-8-6-5-7-15(16)17)14-9-10-19(29-2)20(12-14)30-3/h4-10,12-13H,1,11H2,2-3H3,(H,25,26,28). The Morgan fingerprint density at radius 2 is 1.94 bits per heavy atom. The minimum Gasteiger partial charge on any atom is -0.493 e. The first-order valence-corrected chi connectivity index (χ1v) is 11.4. The molecule has 0 aliphatic rings. The molecule has 0 saturated heterocycles. The van der Waals surface area contributed by atoms with Gasteiger partial charge >= 0.3 is 0 Å². The zero-order valence-electron chi connectivity index (χ0n) is 17.5. The van der Waals surface area contributed by atoms with E-state index in [1.807, 2.05) is 42.5 Å². The molecule has 7 nitrogen and oxygen atoms in total. The Balaban J connectivity index is 1.72. The lowest BCUT2D eigenvalue weighted by atomic mass is 10.0. The fourth-order valence-electron chi connectivity index (χ4n) is 3.12. The van der Waals surface area contributed by atoms with E-state index in [1.165, 1.54) is 23.1 Å². The lowest BCUT2D eigenvalue weighted by molar-refractivity contribution is 0.102. The second-order valence-electron chi connectivity index (χ2n) is 6.57. The molecule has 0 atom stereocenters. The van der Waals surface area contributed by atoms with Gasteiger partial charge in [0, 0.05) is 16.7 Å². The van der Waals surface area contributed by atoms with Crippen LogP contribution in [0.15, 0.2) is 65.5 Å². The highest BCUT2D eigenvalue weighted by Crippen LogP contribution is 2.33. The van der Waals surface area contributed by atoms with E-state index in [0.717, 1.165) is 21.0 Å². The molecule has 4 rings (SSSR count). The predicted molar refractivity (Wildman–Crippen MR) is 129 cm³/mol. The lowest BCUT2D eigenvalue weighted by Gasteiger charge is -2.12. The topological polar surface area (TPSA) is 86.2 Å². The molecule has 4 aromatic rings. The first-order chi connectivity index (χ1) is 15.6. The van der Waals surface area contributed by atoms with Gasteiger partial charge in [-0.1, -0.05) is 47.4 Å². The number of aromatic nitrogens is 3. The summed E-state index contributed by atoms with van der Waals surface area (Å²) in [5.41, 5.74) is 2.66. The SMILES string of the molecule is C=CCSc1nnc(NC(=O)c2cc(-c3ccc(OC)c(OC)c3)nc3ccccc23)s1. The van der Waals surface area contributed by atoms with E-state index < -0.39 is 0 Å². The number of benzene rings is 2. The average Bonchev–Trinajstić information content (AvgIpc) is 3.28. The van der Waals surface area contributed by atoms with Crippen molar-refractivity contribution < 1.29 is 14.3 Å². The number of hydrogen-bond donors (Lipinski definition) is 1. The van der Waals surface area contributed by atoms with E-state index in [4.69, 9.17) is 14.5 Å². The first-order valence-electron chi connectivity index (χ1n) is 9.63. The summed E-state index contributed by atoms with van der Waals surface area (Å²) in [4.78, 5) is 17.9. The maximum absolute atomic E-state index is 13.2. The Kier molecular flexibility index (Phi) is 6.67. The zero-order valence-corrected chi connectivity index (χ0v) is 19.1. The molecule has 2 heterocycles. The Hall–Kier alpha value is -3.43. The van der Waals surface area contributed by atoms with Crippen molar-refractivity contribution in [2.45, 2.75) is 4.34 Å². The smallest absolute Gasteiger partial charge is 0.258 e. The molecule has 0 spiro atoms. The lowest BCUT2D eigenvalue weighted by Crippen LogP contribution is -2.13. The third-order valence-corrected chi connectivity index (χ3v) is 6.56. The van der Waals surface area contributed by atoms with E-state index in [2.05, 4.69) is 22.1 Å². The van der Waals surface area contributed by atoms with Crippen LogP contribution < -0.4 is 14.8 Å². The zero-order chi connectivity index (χ0) is 22.5. The molecule has 32 heavy (non-hydrogen) atoms. The van der Waals surface area contributed by atoms with Crippen LogP contribution in [0, 0.1) is 0 Å². The second kappa shape index (κ2) is 9.80. The molecule has 0 saturated carbocycles. The fraction of sp³-hybridized carbons (Fsp3) is 0.130. The number of nitrogens with zero attached hydrogens (tertiary/aromatic N) is 3. The molecule has 2 aromatic heterocycles. The van der Waals surface area contributed by atoms with Crippen molar-refractivity contribution >= 4 is 45.0 Å². The summed E-state index contributed by atoms with van der Waals surface area (Å²) in [6, 6.07) is 14.8. The van der Waals surface area contributed by atoms with Crippen molar-refractivity contribution in [3.63, 3.8) is 0 Å². The maximum atomic E-state index is 13.2. The van der Waals surface area contributed by atoms with E-state index in [-0.39, 0.29) is 5.91 Å². The summed E-state index contributed by atoms with van der Waals surface area (Å²) in [6.45, 7) is 3.70. The molecule has 0 unspecified atom stereocenters. The van der Waals surface area contributed by atoms with Crippen LogP contribution in [-0.2, 0) is 0 Å². The van der Waals surface area contributed by atoms with Crippen molar-refractivity contribution in [2.75, 3.05) is 25.3 Å². The summed E-state index contributed by atoms with van der Waals surface area (Å²) >= 11 is 2.84. The van der Waals surface area contributed by atoms with E-state index >= 15 is 0 Å². The van der Waals surface area contributed by atoms with Gasteiger partial charge in [-0.25, -0.2) is 4.98 Å². The number of nitrogens with one attached hydrogen (secondary N) is 1. The molecule has 162 valence electrons. The molecule has 0 bridgehead atoms. The number of amides is 1. The van der Waals surface area contributed by atoms with Gasteiger partial charge in [-0.3, -0.25) is 10.1 Å².